The van der Waals surface area contributed by atoms with E-state index in [1.807, 2.05) is 0 Å². The first-order chi connectivity index (χ1) is 7.81. The lowest BCUT2D eigenvalue weighted by molar-refractivity contribution is 0.119. The lowest BCUT2D eigenvalue weighted by Crippen LogP contribution is -2.49. The second-order valence-corrected chi connectivity index (χ2v) is 4.34. The van der Waals surface area contributed by atoms with E-state index in [4.69, 9.17) is 5.26 Å². The lowest BCUT2D eigenvalue weighted by Gasteiger charge is -2.36. The zero-order valence-electron chi connectivity index (χ0n) is 10.5. The third kappa shape index (κ3) is 3.96. The second-order valence-electron chi connectivity index (χ2n) is 4.34. The van der Waals surface area contributed by atoms with Gasteiger partial charge in [-0.05, 0) is 13.3 Å². The van der Waals surface area contributed by atoms with Crippen molar-refractivity contribution < 1.29 is 0 Å². The Morgan fingerprint density at radius 1 is 1.31 bits per heavy atom. The van der Waals surface area contributed by atoms with Crippen molar-refractivity contribution >= 4 is 0 Å². The molecular formula is C13H23N3. The third-order valence-electron chi connectivity index (χ3n) is 3.16. The van der Waals surface area contributed by atoms with E-state index in [0.29, 0.717) is 0 Å². The summed E-state index contributed by atoms with van der Waals surface area (Å²) in [6.07, 6.45) is 6.40. The highest BCUT2D eigenvalue weighted by molar-refractivity contribution is 4.94. The molecule has 0 aliphatic carbocycles. The van der Waals surface area contributed by atoms with Crippen molar-refractivity contribution in [1.29, 1.82) is 5.26 Å². The Labute approximate surface area is 99.3 Å². The summed E-state index contributed by atoms with van der Waals surface area (Å²) in [7, 11) is 0. The summed E-state index contributed by atoms with van der Waals surface area (Å²) >= 11 is 0. The van der Waals surface area contributed by atoms with Gasteiger partial charge in [0.2, 0.25) is 0 Å². The summed E-state index contributed by atoms with van der Waals surface area (Å²) in [5, 5.41) is 9.10. The van der Waals surface area contributed by atoms with E-state index < -0.39 is 0 Å². The number of nitrogens with zero attached hydrogens (tertiary/aromatic N) is 3. The number of allylic oxidation sites excluding steroid dienone is 1. The molecule has 16 heavy (non-hydrogen) atoms. The summed E-state index contributed by atoms with van der Waals surface area (Å²) in [4.78, 5) is 4.77. The number of piperazine rings is 1. The van der Waals surface area contributed by atoms with Gasteiger partial charge in [0.05, 0.1) is 12.1 Å². The van der Waals surface area contributed by atoms with Crippen LogP contribution >= 0.6 is 0 Å². The largest absolute Gasteiger partial charge is 0.297 e. The molecule has 0 saturated carbocycles. The van der Waals surface area contributed by atoms with Crippen LogP contribution in [0.25, 0.3) is 0 Å². The van der Waals surface area contributed by atoms with Gasteiger partial charge >= 0.3 is 0 Å². The van der Waals surface area contributed by atoms with Crippen LogP contribution in [-0.2, 0) is 0 Å². The van der Waals surface area contributed by atoms with Crippen LogP contribution in [0.2, 0.25) is 0 Å². The number of nitriles is 1. The topological polar surface area (TPSA) is 30.3 Å². The van der Waals surface area contributed by atoms with E-state index in [9.17, 15) is 0 Å². The fourth-order valence-corrected chi connectivity index (χ4v) is 2.11. The fraction of sp³-hybridized carbons (Fsp3) is 0.769. The molecule has 0 aromatic rings. The molecule has 1 aliphatic heterocycles. The monoisotopic (exact) mass is 221 g/mol. The van der Waals surface area contributed by atoms with Crippen LogP contribution < -0.4 is 0 Å². The molecule has 1 aliphatic rings. The van der Waals surface area contributed by atoms with Gasteiger partial charge in [0.1, 0.15) is 0 Å². The molecule has 0 amide bonds. The zero-order chi connectivity index (χ0) is 11.8. The van der Waals surface area contributed by atoms with Gasteiger partial charge in [0.25, 0.3) is 0 Å². The fourth-order valence-electron chi connectivity index (χ4n) is 2.11. The maximum Gasteiger partial charge on any atom is 0.0978 e. The molecule has 3 nitrogen and oxygen atoms in total. The molecule has 0 bridgehead atoms. The molecule has 0 spiro atoms. The molecule has 90 valence electrons. The summed E-state index contributed by atoms with van der Waals surface area (Å²) in [6.45, 7) is 9.51. The first-order valence-corrected chi connectivity index (χ1v) is 6.29. The Kier molecular flexibility index (Phi) is 6.14. The van der Waals surface area contributed by atoms with Crippen LogP contribution in [0.5, 0.6) is 0 Å². The standard InChI is InChI=1S/C13H23N3/c1-3-5-7-15-8-10-16(11-9-15)13(12-14)6-4-2/h3,5,13H,4,6-11H2,1-2H3. The second kappa shape index (κ2) is 7.43. The Morgan fingerprint density at radius 2 is 2.00 bits per heavy atom. The van der Waals surface area contributed by atoms with E-state index in [1.165, 1.54) is 0 Å². The highest BCUT2D eigenvalue weighted by Gasteiger charge is 2.22. The minimum atomic E-state index is 0.133. The average molecular weight is 221 g/mol. The van der Waals surface area contributed by atoms with E-state index >= 15 is 0 Å². The normalized spacial score (nSPS) is 21.1. The van der Waals surface area contributed by atoms with E-state index in [0.717, 1.165) is 45.6 Å². The van der Waals surface area contributed by atoms with Gasteiger partial charge in [0.15, 0.2) is 0 Å². The van der Waals surface area contributed by atoms with Gasteiger partial charge in [-0.3, -0.25) is 9.80 Å². The number of rotatable bonds is 5. The summed E-state index contributed by atoms with van der Waals surface area (Å²) < 4.78 is 0. The van der Waals surface area contributed by atoms with Gasteiger partial charge in [-0.25, -0.2) is 0 Å². The van der Waals surface area contributed by atoms with Gasteiger partial charge in [-0.2, -0.15) is 5.26 Å². The van der Waals surface area contributed by atoms with Crippen LogP contribution in [0, 0.1) is 11.3 Å². The molecule has 1 rings (SSSR count). The highest BCUT2D eigenvalue weighted by atomic mass is 15.3. The van der Waals surface area contributed by atoms with Crippen LogP contribution in [0.4, 0.5) is 0 Å². The molecule has 1 heterocycles. The SMILES string of the molecule is CC=CCN1CCN(C(C#N)CCC)CC1. The van der Waals surface area contributed by atoms with Crippen LogP contribution in [0.3, 0.4) is 0 Å². The molecule has 0 radical (unpaired) electrons. The minimum absolute atomic E-state index is 0.133. The molecule has 0 N–H and O–H groups in total. The van der Waals surface area contributed by atoms with Crippen molar-refractivity contribution in [2.24, 2.45) is 0 Å². The first kappa shape index (κ1) is 13.2. The van der Waals surface area contributed by atoms with Crippen molar-refractivity contribution in [3.05, 3.63) is 12.2 Å². The van der Waals surface area contributed by atoms with E-state index in [-0.39, 0.29) is 6.04 Å². The smallest absolute Gasteiger partial charge is 0.0978 e. The van der Waals surface area contributed by atoms with Crippen LogP contribution in [-0.4, -0.2) is 48.6 Å². The van der Waals surface area contributed by atoms with Crippen molar-refractivity contribution in [2.75, 3.05) is 32.7 Å². The minimum Gasteiger partial charge on any atom is -0.297 e. The molecule has 0 aromatic heterocycles. The van der Waals surface area contributed by atoms with Gasteiger partial charge in [-0.1, -0.05) is 25.5 Å². The van der Waals surface area contributed by atoms with Gasteiger partial charge in [0, 0.05) is 32.7 Å². The van der Waals surface area contributed by atoms with Gasteiger partial charge in [-0.15, -0.1) is 0 Å². The number of hydrogen-bond acceptors (Lipinski definition) is 3. The van der Waals surface area contributed by atoms with Crippen LogP contribution in [0.1, 0.15) is 26.7 Å². The lowest BCUT2D eigenvalue weighted by atomic mass is 10.1. The third-order valence-corrected chi connectivity index (χ3v) is 3.16. The van der Waals surface area contributed by atoms with Crippen molar-refractivity contribution in [2.45, 2.75) is 32.7 Å². The molecular weight excluding hydrogens is 198 g/mol. The Morgan fingerprint density at radius 3 is 2.50 bits per heavy atom. The van der Waals surface area contributed by atoms with E-state index in [2.05, 4.69) is 41.9 Å². The molecule has 1 fully saturated rings. The summed E-state index contributed by atoms with van der Waals surface area (Å²) in [5.41, 5.74) is 0. The Bertz CT molecular complexity index is 246. The molecule has 1 saturated heterocycles. The molecule has 0 aromatic carbocycles. The predicted octanol–water partition coefficient (Wildman–Crippen LogP) is 1.87. The molecule has 1 atom stereocenters. The van der Waals surface area contributed by atoms with Crippen LogP contribution in [0.15, 0.2) is 12.2 Å². The van der Waals surface area contributed by atoms with Crippen molar-refractivity contribution in [3.8, 4) is 6.07 Å². The average Bonchev–Trinajstić information content (AvgIpc) is 2.34. The quantitative estimate of drug-likeness (QED) is 0.664. The van der Waals surface area contributed by atoms with Gasteiger partial charge < -0.3 is 0 Å². The summed E-state index contributed by atoms with van der Waals surface area (Å²) in [5.74, 6) is 0. The number of hydrogen-bond donors (Lipinski definition) is 0. The van der Waals surface area contributed by atoms with Crippen molar-refractivity contribution in [3.63, 3.8) is 0 Å². The Balaban J connectivity index is 2.33. The summed E-state index contributed by atoms with van der Waals surface area (Å²) in [6, 6.07) is 2.56. The maximum atomic E-state index is 9.10. The molecule has 3 heteroatoms. The molecule has 1 unspecified atom stereocenters. The van der Waals surface area contributed by atoms with Crippen molar-refractivity contribution in [1.82, 2.24) is 9.80 Å². The maximum absolute atomic E-state index is 9.10. The Hall–Kier alpha value is -0.850. The first-order valence-electron chi connectivity index (χ1n) is 6.29. The highest BCUT2D eigenvalue weighted by Crippen LogP contribution is 2.10. The predicted molar refractivity (Wildman–Crippen MR) is 67.1 cm³/mol. The zero-order valence-corrected chi connectivity index (χ0v) is 10.5. The van der Waals surface area contributed by atoms with E-state index in [1.54, 1.807) is 0 Å².